The van der Waals surface area contributed by atoms with E-state index in [4.69, 9.17) is 10.3 Å². The molecule has 3 atom stereocenters. The Morgan fingerprint density at radius 1 is 1.36 bits per heavy atom. The quantitative estimate of drug-likeness (QED) is 0.738. The van der Waals surface area contributed by atoms with Gasteiger partial charge in [0.1, 0.15) is 5.76 Å². The number of hydrogen-bond donors (Lipinski definition) is 2. The van der Waals surface area contributed by atoms with Crippen LogP contribution in [0.5, 0.6) is 0 Å². The number of aromatic nitrogens is 1. The first-order valence-electron chi connectivity index (χ1n) is 8.88. The van der Waals surface area contributed by atoms with Crippen molar-refractivity contribution in [1.82, 2.24) is 10.1 Å². The van der Waals surface area contributed by atoms with Crippen molar-refractivity contribution >= 4 is 41.8 Å². The van der Waals surface area contributed by atoms with Crippen molar-refractivity contribution in [3.05, 3.63) is 47.7 Å². The molecule has 1 aromatic carbocycles. The van der Waals surface area contributed by atoms with E-state index in [0.717, 1.165) is 5.56 Å². The Labute approximate surface area is 174 Å². The Morgan fingerprint density at radius 3 is 2.71 bits per heavy atom. The monoisotopic (exact) mass is 424 g/mol. The van der Waals surface area contributed by atoms with E-state index in [2.05, 4.69) is 10.5 Å². The molecule has 0 radical (unpaired) electrons. The topological polar surface area (TPSA) is 101 Å². The molecule has 1 aliphatic heterocycles. The van der Waals surface area contributed by atoms with Gasteiger partial charge in [0.25, 0.3) is 0 Å². The number of amides is 2. The van der Waals surface area contributed by atoms with Gasteiger partial charge in [-0.1, -0.05) is 35.5 Å². The summed E-state index contributed by atoms with van der Waals surface area (Å²) in [5, 5.41) is 6.04. The van der Waals surface area contributed by atoms with E-state index in [1.54, 1.807) is 24.8 Å². The van der Waals surface area contributed by atoms with Gasteiger partial charge in [-0.05, 0) is 19.4 Å². The van der Waals surface area contributed by atoms with Crippen molar-refractivity contribution in [2.24, 2.45) is 5.73 Å². The van der Waals surface area contributed by atoms with E-state index < -0.39 is 0 Å². The smallest absolute Gasteiger partial charge is 0.238 e. The van der Waals surface area contributed by atoms with E-state index in [-0.39, 0.29) is 47.2 Å². The van der Waals surface area contributed by atoms with Crippen LogP contribution >= 0.6 is 24.2 Å². The van der Waals surface area contributed by atoms with Gasteiger partial charge >= 0.3 is 0 Å². The second-order valence-corrected chi connectivity index (χ2v) is 8.07. The lowest BCUT2D eigenvalue weighted by Gasteiger charge is -2.17. The highest BCUT2D eigenvalue weighted by molar-refractivity contribution is 8.01. The van der Waals surface area contributed by atoms with Crippen molar-refractivity contribution in [2.45, 2.75) is 31.1 Å². The number of thioether (sulfide) groups is 1. The van der Waals surface area contributed by atoms with Crippen molar-refractivity contribution in [2.75, 3.05) is 24.2 Å². The molecule has 2 amide bonds. The average molecular weight is 425 g/mol. The first kappa shape index (κ1) is 22.3. The number of nitrogens with zero attached hydrogens (tertiary/aromatic N) is 2. The summed E-state index contributed by atoms with van der Waals surface area (Å²) in [6.45, 7) is 4.67. The van der Waals surface area contributed by atoms with Gasteiger partial charge in [0, 0.05) is 31.1 Å². The van der Waals surface area contributed by atoms with E-state index in [1.165, 1.54) is 11.8 Å². The maximum Gasteiger partial charge on any atom is 0.238 e. The zero-order chi connectivity index (χ0) is 19.4. The normalized spacial score (nSPS) is 19.8. The second-order valence-electron chi connectivity index (χ2n) is 6.75. The van der Waals surface area contributed by atoms with Crippen molar-refractivity contribution < 1.29 is 14.1 Å². The van der Waals surface area contributed by atoms with Crippen molar-refractivity contribution in [1.29, 1.82) is 0 Å². The third-order valence-corrected chi connectivity index (χ3v) is 5.78. The van der Waals surface area contributed by atoms with Crippen LogP contribution in [0.4, 0.5) is 5.82 Å². The fourth-order valence-corrected chi connectivity index (χ4v) is 3.89. The molecular formula is C19H25ClN4O3S. The number of nitrogens with two attached hydrogens (primary N) is 1. The molecule has 1 aliphatic rings. The summed E-state index contributed by atoms with van der Waals surface area (Å²) in [5.41, 5.74) is 7.41. The molecule has 1 aromatic heterocycles. The highest BCUT2D eigenvalue weighted by Gasteiger charge is 2.33. The lowest BCUT2D eigenvalue weighted by atomic mass is 9.95. The van der Waals surface area contributed by atoms with Crippen LogP contribution in [-0.2, 0) is 9.59 Å². The number of hydrogen-bond acceptors (Lipinski definition) is 6. The SMILES string of the molecule is Cc1cc(NC(=O)C(C)SCC(=O)N2C[C@@H](N)[C@H](c3ccccc3)C2)no1.Cl. The van der Waals surface area contributed by atoms with Crippen molar-refractivity contribution in [3.63, 3.8) is 0 Å². The van der Waals surface area contributed by atoms with E-state index in [1.807, 2.05) is 30.3 Å². The predicted octanol–water partition coefficient (Wildman–Crippen LogP) is 2.42. The molecule has 2 aromatic rings. The van der Waals surface area contributed by atoms with E-state index >= 15 is 0 Å². The zero-order valence-electron chi connectivity index (χ0n) is 15.8. The molecule has 28 heavy (non-hydrogen) atoms. The molecule has 152 valence electrons. The first-order valence-corrected chi connectivity index (χ1v) is 9.93. The molecule has 1 saturated heterocycles. The standard InChI is InChI=1S/C19H24N4O3S.ClH/c1-12-8-17(22-26-12)21-19(25)13(2)27-11-18(24)23-9-15(16(20)10-23)14-6-4-3-5-7-14;/h3-8,13,15-16H,9-11,20H2,1-2H3,(H,21,22,25);1H/t13?,15-,16+;/m0./s1. The summed E-state index contributed by atoms with van der Waals surface area (Å²) >= 11 is 1.30. The number of benzene rings is 1. The fraction of sp³-hybridized carbons (Fsp3) is 0.421. The molecular weight excluding hydrogens is 400 g/mol. The second kappa shape index (κ2) is 9.95. The Morgan fingerprint density at radius 2 is 2.07 bits per heavy atom. The Bertz CT molecular complexity index is 801. The number of aryl methyl sites for hydroxylation is 1. The molecule has 0 spiro atoms. The molecule has 9 heteroatoms. The Balaban J connectivity index is 0.00000280. The van der Waals surface area contributed by atoms with Gasteiger partial charge < -0.3 is 20.5 Å². The van der Waals surface area contributed by atoms with Crippen LogP contribution < -0.4 is 11.1 Å². The first-order chi connectivity index (χ1) is 12.9. The fourth-order valence-electron chi connectivity index (χ4n) is 3.10. The summed E-state index contributed by atoms with van der Waals surface area (Å²) in [5.74, 6) is 1.19. The van der Waals surface area contributed by atoms with Crippen LogP contribution in [0.15, 0.2) is 40.9 Å². The van der Waals surface area contributed by atoms with Gasteiger partial charge in [-0.3, -0.25) is 9.59 Å². The average Bonchev–Trinajstić information content (AvgIpc) is 3.25. The molecule has 7 nitrogen and oxygen atoms in total. The third-order valence-electron chi connectivity index (χ3n) is 4.65. The van der Waals surface area contributed by atoms with E-state index in [9.17, 15) is 9.59 Å². The van der Waals surface area contributed by atoms with Crippen LogP contribution in [0.3, 0.4) is 0 Å². The van der Waals surface area contributed by atoms with Gasteiger partial charge in [0.05, 0.1) is 11.0 Å². The molecule has 0 aliphatic carbocycles. The van der Waals surface area contributed by atoms with Gasteiger partial charge in [-0.25, -0.2) is 0 Å². The predicted molar refractivity (Wildman–Crippen MR) is 113 cm³/mol. The van der Waals surface area contributed by atoms with E-state index in [0.29, 0.717) is 24.7 Å². The molecule has 2 heterocycles. The van der Waals surface area contributed by atoms with Gasteiger partial charge in [-0.2, -0.15) is 0 Å². The number of rotatable bonds is 6. The van der Waals surface area contributed by atoms with Crippen molar-refractivity contribution in [3.8, 4) is 0 Å². The Kier molecular flexibility index (Phi) is 7.91. The van der Waals surface area contributed by atoms with Gasteiger partial charge in [-0.15, -0.1) is 24.2 Å². The molecule has 1 fully saturated rings. The molecule has 3 N–H and O–H groups in total. The summed E-state index contributed by atoms with van der Waals surface area (Å²) in [7, 11) is 0. The number of anilines is 1. The van der Waals surface area contributed by atoms with Crippen LogP contribution in [0.2, 0.25) is 0 Å². The van der Waals surface area contributed by atoms with Crippen LogP contribution in [0, 0.1) is 6.92 Å². The number of likely N-dealkylation sites (tertiary alicyclic amines) is 1. The lowest BCUT2D eigenvalue weighted by Crippen LogP contribution is -2.34. The molecule has 1 unspecified atom stereocenters. The summed E-state index contributed by atoms with van der Waals surface area (Å²) in [4.78, 5) is 26.5. The minimum atomic E-state index is -0.382. The number of halogens is 1. The maximum atomic E-state index is 12.5. The zero-order valence-corrected chi connectivity index (χ0v) is 17.5. The number of nitrogens with one attached hydrogen (secondary N) is 1. The largest absolute Gasteiger partial charge is 0.360 e. The summed E-state index contributed by atoms with van der Waals surface area (Å²) < 4.78 is 4.92. The van der Waals surface area contributed by atoms with Gasteiger partial charge in [0.2, 0.25) is 11.8 Å². The highest BCUT2D eigenvalue weighted by Crippen LogP contribution is 2.27. The molecule has 0 saturated carbocycles. The highest BCUT2D eigenvalue weighted by atomic mass is 35.5. The van der Waals surface area contributed by atoms with Crippen LogP contribution in [0.25, 0.3) is 0 Å². The summed E-state index contributed by atoms with van der Waals surface area (Å²) in [6, 6.07) is 11.6. The molecule has 3 rings (SSSR count). The van der Waals surface area contributed by atoms with Crippen LogP contribution in [-0.4, -0.2) is 52.0 Å². The lowest BCUT2D eigenvalue weighted by molar-refractivity contribution is -0.127. The van der Waals surface area contributed by atoms with Crippen LogP contribution in [0.1, 0.15) is 24.2 Å². The minimum Gasteiger partial charge on any atom is -0.360 e. The molecule has 0 bridgehead atoms. The number of carbonyl (C=O) groups is 2. The third kappa shape index (κ3) is 5.50. The number of carbonyl (C=O) groups excluding carboxylic acids is 2. The minimum absolute atomic E-state index is 0. The van der Waals surface area contributed by atoms with Gasteiger partial charge in [0.15, 0.2) is 5.82 Å². The summed E-state index contributed by atoms with van der Waals surface area (Å²) in [6.07, 6.45) is 0. The maximum absolute atomic E-state index is 12.5. The Hall–Kier alpha value is -2.03.